The highest BCUT2D eigenvalue weighted by Gasteiger charge is 2.33. The highest BCUT2D eigenvalue weighted by molar-refractivity contribution is 5.71. The van der Waals surface area contributed by atoms with Gasteiger partial charge in [-0.25, -0.2) is 0 Å². The molecule has 0 aliphatic heterocycles. The second kappa shape index (κ2) is 7.78. The van der Waals surface area contributed by atoms with Gasteiger partial charge in [0, 0.05) is 5.54 Å². The van der Waals surface area contributed by atoms with Crippen LogP contribution in [0.1, 0.15) is 65.2 Å². The molecule has 0 atom stereocenters. The fourth-order valence-electron chi connectivity index (χ4n) is 2.75. The van der Waals surface area contributed by atoms with Crippen molar-refractivity contribution in [2.45, 2.75) is 70.8 Å². The highest BCUT2D eigenvalue weighted by atomic mass is 16.5. The molecule has 1 N–H and O–H groups in total. The van der Waals surface area contributed by atoms with E-state index in [-0.39, 0.29) is 11.5 Å². The van der Waals surface area contributed by atoms with Gasteiger partial charge < -0.3 is 10.1 Å². The quantitative estimate of drug-likeness (QED) is 0.560. The molecule has 0 aromatic carbocycles. The van der Waals surface area contributed by atoms with Gasteiger partial charge in [0.05, 0.1) is 13.0 Å². The summed E-state index contributed by atoms with van der Waals surface area (Å²) in [5.74, 6) is 0.653. The van der Waals surface area contributed by atoms with Crippen molar-refractivity contribution in [2.75, 3.05) is 13.7 Å². The van der Waals surface area contributed by atoms with Gasteiger partial charge in [-0.1, -0.05) is 33.1 Å². The van der Waals surface area contributed by atoms with Gasteiger partial charge in [-0.15, -0.1) is 0 Å². The second-order valence-electron chi connectivity index (χ2n) is 6.02. The Morgan fingerprint density at radius 1 is 1.28 bits per heavy atom. The molecule has 1 aliphatic carbocycles. The van der Waals surface area contributed by atoms with Crippen molar-refractivity contribution >= 4 is 5.97 Å². The van der Waals surface area contributed by atoms with Crippen LogP contribution in [-0.4, -0.2) is 25.2 Å². The molecule has 1 rings (SSSR count). The van der Waals surface area contributed by atoms with E-state index in [0.29, 0.717) is 18.9 Å². The standard InChI is InChI=1S/C15H29NO2/c1-13(2)8-7-11-18-14(17)12-15(16-3)9-5-4-6-10-15/h13,16H,4-12H2,1-3H3. The Morgan fingerprint density at radius 3 is 2.50 bits per heavy atom. The molecule has 18 heavy (non-hydrogen) atoms. The number of carbonyl (C=O) groups is 1. The summed E-state index contributed by atoms with van der Waals surface area (Å²) in [7, 11) is 1.97. The first-order chi connectivity index (χ1) is 8.58. The minimum atomic E-state index is -0.0324. The zero-order valence-corrected chi connectivity index (χ0v) is 12.3. The lowest BCUT2D eigenvalue weighted by atomic mass is 9.79. The van der Waals surface area contributed by atoms with Gasteiger partial charge in [0.15, 0.2) is 0 Å². The average molecular weight is 255 g/mol. The fourth-order valence-corrected chi connectivity index (χ4v) is 2.75. The molecule has 3 heteroatoms. The zero-order chi connectivity index (χ0) is 13.4. The molecule has 0 heterocycles. The Bertz CT molecular complexity index is 245. The topological polar surface area (TPSA) is 38.3 Å². The van der Waals surface area contributed by atoms with Gasteiger partial charge in [0.25, 0.3) is 0 Å². The molecule has 0 aromatic heterocycles. The van der Waals surface area contributed by atoms with E-state index in [1.165, 1.54) is 19.3 Å². The first kappa shape index (κ1) is 15.5. The van der Waals surface area contributed by atoms with Crippen molar-refractivity contribution in [3.05, 3.63) is 0 Å². The number of nitrogens with one attached hydrogen (secondary N) is 1. The van der Waals surface area contributed by atoms with Crippen LogP contribution < -0.4 is 5.32 Å². The van der Waals surface area contributed by atoms with Crippen molar-refractivity contribution in [3.8, 4) is 0 Å². The first-order valence-corrected chi connectivity index (χ1v) is 7.42. The smallest absolute Gasteiger partial charge is 0.307 e. The van der Waals surface area contributed by atoms with Crippen LogP contribution in [0, 0.1) is 5.92 Å². The number of ether oxygens (including phenoxy) is 1. The number of hydrogen-bond donors (Lipinski definition) is 1. The Balaban J connectivity index is 2.25. The number of hydrogen-bond acceptors (Lipinski definition) is 3. The SMILES string of the molecule is CNC1(CC(=O)OCCCC(C)C)CCCCC1. The predicted molar refractivity (Wildman–Crippen MR) is 74.5 cm³/mol. The maximum Gasteiger partial charge on any atom is 0.307 e. The minimum Gasteiger partial charge on any atom is -0.466 e. The monoisotopic (exact) mass is 255 g/mol. The van der Waals surface area contributed by atoms with E-state index in [4.69, 9.17) is 4.74 Å². The van der Waals surface area contributed by atoms with Crippen LogP contribution in [-0.2, 0) is 9.53 Å². The Labute approximate surface area is 112 Å². The fraction of sp³-hybridized carbons (Fsp3) is 0.933. The predicted octanol–water partition coefficient (Wildman–Crippen LogP) is 3.28. The summed E-state index contributed by atoms with van der Waals surface area (Å²) in [6.45, 7) is 4.97. The largest absolute Gasteiger partial charge is 0.466 e. The molecule has 0 saturated heterocycles. The molecule has 0 spiro atoms. The highest BCUT2D eigenvalue weighted by Crippen LogP contribution is 2.30. The molecule has 1 saturated carbocycles. The molecule has 0 bridgehead atoms. The molecule has 0 aromatic rings. The summed E-state index contributed by atoms with van der Waals surface area (Å²) in [6.07, 6.45) is 8.59. The van der Waals surface area contributed by atoms with Gasteiger partial charge in [-0.3, -0.25) is 4.79 Å². The van der Waals surface area contributed by atoms with Gasteiger partial charge >= 0.3 is 5.97 Å². The third kappa shape index (κ3) is 5.38. The van der Waals surface area contributed by atoms with E-state index in [1.54, 1.807) is 0 Å². The van der Waals surface area contributed by atoms with E-state index < -0.39 is 0 Å². The molecule has 106 valence electrons. The van der Waals surface area contributed by atoms with Crippen molar-refractivity contribution < 1.29 is 9.53 Å². The molecule has 3 nitrogen and oxygen atoms in total. The van der Waals surface area contributed by atoms with Crippen molar-refractivity contribution in [1.82, 2.24) is 5.32 Å². The average Bonchev–Trinajstić information content (AvgIpc) is 2.35. The summed E-state index contributed by atoms with van der Waals surface area (Å²) in [6, 6.07) is 0. The van der Waals surface area contributed by atoms with Gasteiger partial charge in [-0.2, -0.15) is 0 Å². The van der Waals surface area contributed by atoms with Gasteiger partial charge in [0.2, 0.25) is 0 Å². The summed E-state index contributed by atoms with van der Waals surface area (Å²) in [4.78, 5) is 11.9. The summed E-state index contributed by atoms with van der Waals surface area (Å²) in [5.41, 5.74) is 0.00732. The van der Waals surface area contributed by atoms with Crippen LogP contribution in [0.25, 0.3) is 0 Å². The third-order valence-corrected chi connectivity index (χ3v) is 4.01. The van der Waals surface area contributed by atoms with E-state index in [9.17, 15) is 4.79 Å². The van der Waals surface area contributed by atoms with Crippen molar-refractivity contribution in [1.29, 1.82) is 0 Å². The van der Waals surface area contributed by atoms with Crippen LogP contribution in [0.2, 0.25) is 0 Å². The first-order valence-electron chi connectivity index (χ1n) is 7.42. The van der Waals surface area contributed by atoms with Crippen LogP contribution >= 0.6 is 0 Å². The third-order valence-electron chi connectivity index (χ3n) is 4.01. The van der Waals surface area contributed by atoms with E-state index in [2.05, 4.69) is 19.2 Å². The van der Waals surface area contributed by atoms with E-state index in [1.807, 2.05) is 7.05 Å². The second-order valence-corrected chi connectivity index (χ2v) is 6.02. The van der Waals surface area contributed by atoms with Crippen molar-refractivity contribution in [2.24, 2.45) is 5.92 Å². The lowest BCUT2D eigenvalue weighted by Gasteiger charge is -2.36. The van der Waals surface area contributed by atoms with E-state index in [0.717, 1.165) is 25.7 Å². The molecular weight excluding hydrogens is 226 g/mol. The van der Waals surface area contributed by atoms with Crippen molar-refractivity contribution in [3.63, 3.8) is 0 Å². The Kier molecular flexibility index (Phi) is 6.69. The Morgan fingerprint density at radius 2 is 1.94 bits per heavy atom. The van der Waals surface area contributed by atoms with E-state index >= 15 is 0 Å². The summed E-state index contributed by atoms with van der Waals surface area (Å²) in [5, 5.41) is 3.36. The van der Waals surface area contributed by atoms with Gasteiger partial charge in [0.1, 0.15) is 0 Å². The number of esters is 1. The molecular formula is C15H29NO2. The number of rotatable bonds is 7. The molecule has 1 fully saturated rings. The summed E-state index contributed by atoms with van der Waals surface area (Å²) < 4.78 is 5.34. The maximum atomic E-state index is 11.9. The lowest BCUT2D eigenvalue weighted by Crippen LogP contribution is -2.46. The van der Waals surface area contributed by atoms with Crippen LogP contribution in [0.4, 0.5) is 0 Å². The number of carbonyl (C=O) groups excluding carboxylic acids is 1. The van der Waals surface area contributed by atoms with Crippen LogP contribution in [0.5, 0.6) is 0 Å². The van der Waals surface area contributed by atoms with Gasteiger partial charge in [-0.05, 0) is 38.6 Å². The van der Waals surface area contributed by atoms with Crippen LogP contribution in [0.3, 0.4) is 0 Å². The Hall–Kier alpha value is -0.570. The molecule has 1 aliphatic rings. The molecule has 0 unspecified atom stereocenters. The van der Waals surface area contributed by atoms with Crippen LogP contribution in [0.15, 0.2) is 0 Å². The summed E-state index contributed by atoms with van der Waals surface area (Å²) >= 11 is 0. The normalized spacial score (nSPS) is 18.9. The zero-order valence-electron chi connectivity index (χ0n) is 12.3. The molecule has 0 amide bonds. The maximum absolute atomic E-state index is 11.9. The molecule has 0 radical (unpaired) electrons. The lowest BCUT2D eigenvalue weighted by molar-refractivity contribution is -0.146. The minimum absolute atomic E-state index is 0.00732.